The summed E-state index contributed by atoms with van der Waals surface area (Å²) < 4.78 is 5.17. The molecule has 0 radical (unpaired) electrons. The van der Waals surface area contributed by atoms with Crippen LogP contribution in [0.1, 0.15) is 12.8 Å². The molecule has 0 aliphatic carbocycles. The minimum absolute atomic E-state index is 0.103. The number of amides is 2. The Balaban J connectivity index is 1.37. The molecule has 0 bridgehead atoms. The maximum atomic E-state index is 12.5. The molecular weight excluding hydrogens is 438 g/mol. The van der Waals surface area contributed by atoms with Crippen LogP contribution in [0.5, 0.6) is 0 Å². The molecule has 0 unspecified atom stereocenters. The summed E-state index contributed by atoms with van der Waals surface area (Å²) in [6.07, 6.45) is 0.304. The fourth-order valence-electron chi connectivity index (χ4n) is 3.15. The number of hydrogen-bond donors (Lipinski definition) is 1. The van der Waals surface area contributed by atoms with Crippen LogP contribution in [0, 0.1) is 0 Å². The first-order valence-electron chi connectivity index (χ1n) is 10.3. The highest BCUT2D eigenvalue weighted by atomic mass is 32.2. The van der Waals surface area contributed by atoms with Gasteiger partial charge < -0.3 is 10.1 Å². The van der Waals surface area contributed by atoms with Gasteiger partial charge in [0.05, 0.1) is 11.4 Å². The zero-order valence-corrected chi connectivity index (χ0v) is 18.5. The zero-order valence-electron chi connectivity index (χ0n) is 17.6. The first-order chi connectivity index (χ1) is 16.1. The lowest BCUT2D eigenvalue weighted by Gasteiger charge is -2.22. The van der Waals surface area contributed by atoms with Crippen LogP contribution in [0.2, 0.25) is 0 Å². The van der Waals surface area contributed by atoms with Crippen molar-refractivity contribution < 1.29 is 19.1 Å². The van der Waals surface area contributed by atoms with E-state index in [9.17, 15) is 14.4 Å². The molecule has 0 fully saturated rings. The number of nitrogens with zero attached hydrogens (tertiary/aromatic N) is 2. The summed E-state index contributed by atoms with van der Waals surface area (Å²) in [5.41, 5.74) is 1.30. The van der Waals surface area contributed by atoms with Crippen molar-refractivity contribution >= 4 is 46.6 Å². The molecular formula is C25H21N3O4S. The van der Waals surface area contributed by atoms with Gasteiger partial charge in [0.2, 0.25) is 5.91 Å². The van der Waals surface area contributed by atoms with Crippen LogP contribution in [-0.4, -0.2) is 30.1 Å². The molecule has 0 aromatic heterocycles. The SMILES string of the molecule is O=C(COC(=O)C1=NN(c2ccccc2)C(=O)CC1)Nc1ccccc1Sc1ccccc1. The number of ether oxygens (including phenoxy) is 1. The van der Waals surface area contributed by atoms with E-state index in [0.717, 1.165) is 9.79 Å². The van der Waals surface area contributed by atoms with Crippen molar-refractivity contribution in [3.8, 4) is 0 Å². The van der Waals surface area contributed by atoms with E-state index in [1.807, 2.05) is 54.6 Å². The first kappa shape index (κ1) is 22.3. The van der Waals surface area contributed by atoms with Crippen LogP contribution in [0.3, 0.4) is 0 Å². The summed E-state index contributed by atoms with van der Waals surface area (Å²) >= 11 is 1.52. The van der Waals surface area contributed by atoms with Gasteiger partial charge in [0.25, 0.3) is 5.91 Å². The maximum absolute atomic E-state index is 12.5. The minimum Gasteiger partial charge on any atom is -0.451 e. The fourth-order valence-corrected chi connectivity index (χ4v) is 4.07. The Kier molecular flexibility index (Phi) is 7.16. The van der Waals surface area contributed by atoms with E-state index >= 15 is 0 Å². The van der Waals surface area contributed by atoms with E-state index in [1.165, 1.54) is 16.8 Å². The summed E-state index contributed by atoms with van der Waals surface area (Å²) in [6.45, 7) is -0.457. The highest BCUT2D eigenvalue weighted by Gasteiger charge is 2.26. The van der Waals surface area contributed by atoms with Crippen molar-refractivity contribution in [3.63, 3.8) is 0 Å². The molecule has 1 aliphatic heterocycles. The standard InChI is InChI=1S/C25H21N3O4S/c29-23(26-20-13-7-8-14-22(20)33-19-11-5-2-6-12-19)17-32-25(31)21-15-16-24(30)28(27-21)18-9-3-1-4-10-18/h1-14H,15-17H2,(H,26,29). The molecule has 0 saturated carbocycles. The molecule has 33 heavy (non-hydrogen) atoms. The Hall–Kier alpha value is -3.91. The van der Waals surface area contributed by atoms with Crippen molar-refractivity contribution in [2.75, 3.05) is 16.9 Å². The molecule has 0 saturated heterocycles. The van der Waals surface area contributed by atoms with E-state index in [2.05, 4.69) is 10.4 Å². The molecule has 166 valence electrons. The molecule has 0 atom stereocenters. The van der Waals surface area contributed by atoms with Crippen LogP contribution < -0.4 is 10.3 Å². The minimum atomic E-state index is -0.717. The van der Waals surface area contributed by atoms with Gasteiger partial charge >= 0.3 is 5.97 Å². The molecule has 1 heterocycles. The number of hydrogen-bond acceptors (Lipinski definition) is 6. The third kappa shape index (κ3) is 5.87. The van der Waals surface area contributed by atoms with Gasteiger partial charge in [0.15, 0.2) is 6.61 Å². The average Bonchev–Trinajstić information content (AvgIpc) is 2.85. The quantitative estimate of drug-likeness (QED) is 0.526. The first-order valence-corrected chi connectivity index (χ1v) is 11.2. The topological polar surface area (TPSA) is 88.1 Å². The van der Waals surface area contributed by atoms with Crippen LogP contribution in [0.4, 0.5) is 11.4 Å². The number of rotatable bonds is 7. The summed E-state index contributed by atoms with van der Waals surface area (Å²) in [5, 5.41) is 8.13. The molecule has 8 heteroatoms. The van der Waals surface area contributed by atoms with Crippen molar-refractivity contribution in [1.29, 1.82) is 0 Å². The Morgan fingerprint density at radius 1 is 0.909 bits per heavy atom. The monoisotopic (exact) mass is 459 g/mol. The van der Waals surface area contributed by atoms with Gasteiger partial charge in [-0.15, -0.1) is 0 Å². The molecule has 3 aromatic carbocycles. The third-order valence-corrected chi connectivity index (χ3v) is 5.82. The van der Waals surface area contributed by atoms with Crippen molar-refractivity contribution in [1.82, 2.24) is 0 Å². The van der Waals surface area contributed by atoms with E-state index in [0.29, 0.717) is 11.4 Å². The number of para-hydroxylation sites is 2. The van der Waals surface area contributed by atoms with Crippen LogP contribution in [0.15, 0.2) is 99.8 Å². The normalized spacial score (nSPS) is 13.3. The Morgan fingerprint density at radius 2 is 1.58 bits per heavy atom. The summed E-state index contributed by atoms with van der Waals surface area (Å²) in [7, 11) is 0. The van der Waals surface area contributed by atoms with Crippen LogP contribution in [-0.2, 0) is 19.1 Å². The van der Waals surface area contributed by atoms with Crippen molar-refractivity contribution in [3.05, 3.63) is 84.9 Å². The summed E-state index contributed by atoms with van der Waals surface area (Å²) in [6, 6.07) is 26.1. The number of hydrazone groups is 1. The lowest BCUT2D eigenvalue weighted by molar-refractivity contribution is -0.140. The van der Waals surface area contributed by atoms with Gasteiger partial charge in [0, 0.05) is 22.6 Å². The van der Waals surface area contributed by atoms with Crippen molar-refractivity contribution in [2.24, 2.45) is 5.10 Å². The third-order valence-electron chi connectivity index (χ3n) is 4.74. The molecule has 1 N–H and O–H groups in total. The Labute approximate surface area is 195 Å². The number of benzene rings is 3. The second-order valence-corrected chi connectivity index (χ2v) is 8.24. The zero-order chi connectivity index (χ0) is 23.0. The van der Waals surface area contributed by atoms with E-state index in [4.69, 9.17) is 4.74 Å². The van der Waals surface area contributed by atoms with Gasteiger partial charge in [-0.1, -0.05) is 60.3 Å². The highest BCUT2D eigenvalue weighted by Crippen LogP contribution is 2.33. The lowest BCUT2D eigenvalue weighted by atomic mass is 10.1. The maximum Gasteiger partial charge on any atom is 0.355 e. The number of nitrogens with one attached hydrogen (secondary N) is 1. The summed E-state index contributed by atoms with van der Waals surface area (Å²) in [4.78, 5) is 39.0. The largest absolute Gasteiger partial charge is 0.451 e. The Bertz CT molecular complexity index is 1180. The van der Waals surface area contributed by atoms with Crippen molar-refractivity contribution in [2.45, 2.75) is 22.6 Å². The van der Waals surface area contributed by atoms with E-state index < -0.39 is 18.5 Å². The number of carbonyl (C=O) groups is 3. The number of carbonyl (C=O) groups excluding carboxylic acids is 3. The van der Waals surface area contributed by atoms with Gasteiger partial charge in [0.1, 0.15) is 5.71 Å². The number of esters is 1. The van der Waals surface area contributed by atoms with Gasteiger partial charge in [-0.05, 0) is 36.4 Å². The number of anilines is 2. The van der Waals surface area contributed by atoms with E-state index in [-0.39, 0.29) is 24.5 Å². The molecule has 1 aliphatic rings. The predicted octanol–water partition coefficient (Wildman–Crippen LogP) is 4.50. The van der Waals surface area contributed by atoms with Gasteiger partial charge in [-0.3, -0.25) is 9.59 Å². The fraction of sp³-hybridized carbons (Fsp3) is 0.120. The molecule has 0 spiro atoms. The second-order valence-electron chi connectivity index (χ2n) is 7.12. The molecule has 4 rings (SSSR count). The highest BCUT2D eigenvalue weighted by molar-refractivity contribution is 7.99. The lowest BCUT2D eigenvalue weighted by Crippen LogP contribution is -2.35. The predicted molar refractivity (Wildman–Crippen MR) is 127 cm³/mol. The summed E-state index contributed by atoms with van der Waals surface area (Å²) in [5.74, 6) is -1.38. The van der Waals surface area contributed by atoms with Gasteiger partial charge in [-0.25, -0.2) is 9.80 Å². The molecule has 2 amide bonds. The average molecular weight is 460 g/mol. The Morgan fingerprint density at radius 3 is 2.33 bits per heavy atom. The van der Waals surface area contributed by atoms with Crippen LogP contribution >= 0.6 is 11.8 Å². The van der Waals surface area contributed by atoms with Crippen LogP contribution in [0.25, 0.3) is 0 Å². The van der Waals surface area contributed by atoms with Gasteiger partial charge in [-0.2, -0.15) is 5.10 Å². The van der Waals surface area contributed by atoms with E-state index in [1.54, 1.807) is 30.3 Å². The molecule has 7 nitrogen and oxygen atoms in total. The smallest absolute Gasteiger partial charge is 0.355 e. The molecule has 3 aromatic rings. The second kappa shape index (κ2) is 10.6.